The van der Waals surface area contributed by atoms with Crippen LogP contribution < -0.4 is 0 Å². The molecule has 0 aliphatic heterocycles. The molecule has 0 aromatic heterocycles. The number of carboxylic acid groups (broad SMARTS) is 1. The third-order valence-corrected chi connectivity index (χ3v) is 2.90. The van der Waals surface area contributed by atoms with Gasteiger partial charge in [-0.15, -0.1) is 0 Å². The van der Waals surface area contributed by atoms with Gasteiger partial charge in [-0.25, -0.2) is 0 Å². The molecule has 0 aromatic carbocycles. The van der Waals surface area contributed by atoms with Crippen LogP contribution >= 0.6 is 0 Å². The second-order valence-electron chi connectivity index (χ2n) is 4.91. The Labute approximate surface area is 120 Å². The number of aliphatic hydroxyl groups is 1. The number of unbranched alkanes of at least 4 members (excludes halogenated alkanes) is 2. The Morgan fingerprint density at radius 2 is 1.90 bits per heavy atom. The summed E-state index contributed by atoms with van der Waals surface area (Å²) < 4.78 is 4.87. The van der Waals surface area contributed by atoms with E-state index in [9.17, 15) is 9.59 Å². The van der Waals surface area contributed by atoms with Crippen LogP contribution in [0.3, 0.4) is 0 Å². The zero-order chi connectivity index (χ0) is 15.4. The van der Waals surface area contributed by atoms with E-state index in [0.29, 0.717) is 6.42 Å². The molecule has 2 N–H and O–H groups in total. The molecule has 0 aromatic rings. The van der Waals surface area contributed by atoms with E-state index in [-0.39, 0.29) is 13.0 Å². The summed E-state index contributed by atoms with van der Waals surface area (Å²) in [6.45, 7) is 3.40. The number of allylic oxidation sites excluding steroid dienone is 2. The normalized spacial score (nSPS) is 14.2. The number of carbonyl (C=O) groups is 2. The van der Waals surface area contributed by atoms with Gasteiger partial charge in [-0.3, -0.25) is 9.59 Å². The fourth-order valence-electron chi connectivity index (χ4n) is 1.71. The zero-order valence-corrected chi connectivity index (χ0v) is 12.4. The molecule has 0 saturated carbocycles. The highest BCUT2D eigenvalue weighted by Crippen LogP contribution is 2.15. The molecule has 0 fully saturated rings. The number of carbonyl (C=O) groups excluding carboxylic acids is 1. The van der Waals surface area contributed by atoms with Crippen LogP contribution in [0.5, 0.6) is 0 Å². The van der Waals surface area contributed by atoms with Gasteiger partial charge >= 0.3 is 11.9 Å². The first-order valence-electron chi connectivity index (χ1n) is 7.19. The monoisotopic (exact) mass is 286 g/mol. The van der Waals surface area contributed by atoms with E-state index in [1.807, 2.05) is 0 Å². The third kappa shape index (κ3) is 9.55. The van der Waals surface area contributed by atoms with E-state index >= 15 is 0 Å². The van der Waals surface area contributed by atoms with Crippen molar-refractivity contribution in [2.24, 2.45) is 5.92 Å². The number of carboxylic acids is 1. The van der Waals surface area contributed by atoms with Crippen LogP contribution in [0.25, 0.3) is 0 Å². The standard InChI is InChI=1S/C15H26O5/c1-3-4-5-6-7-8-9-13(15(18)19)10-14(17)20-12(2)11-16/h5-6,12-13,16H,3-4,7-11H2,1-2H3,(H,18,19)/b6-5+. The van der Waals surface area contributed by atoms with Gasteiger partial charge in [0.1, 0.15) is 6.10 Å². The van der Waals surface area contributed by atoms with E-state index in [0.717, 1.165) is 25.7 Å². The Morgan fingerprint density at radius 3 is 2.45 bits per heavy atom. The minimum Gasteiger partial charge on any atom is -0.481 e. The number of aliphatic carboxylic acids is 1. The average Bonchev–Trinajstić information content (AvgIpc) is 2.40. The van der Waals surface area contributed by atoms with Crippen LogP contribution in [0.2, 0.25) is 0 Å². The lowest BCUT2D eigenvalue weighted by molar-refractivity contribution is -0.156. The van der Waals surface area contributed by atoms with Crippen molar-refractivity contribution < 1.29 is 24.5 Å². The minimum atomic E-state index is -0.976. The summed E-state index contributed by atoms with van der Waals surface area (Å²) in [6, 6.07) is 0. The van der Waals surface area contributed by atoms with Crippen LogP contribution in [0.15, 0.2) is 12.2 Å². The molecular formula is C15H26O5. The van der Waals surface area contributed by atoms with Gasteiger partial charge in [0, 0.05) is 0 Å². The van der Waals surface area contributed by atoms with Crippen molar-refractivity contribution in [3.63, 3.8) is 0 Å². The molecule has 0 bridgehead atoms. The van der Waals surface area contributed by atoms with E-state index in [4.69, 9.17) is 14.9 Å². The maximum atomic E-state index is 11.5. The number of ether oxygens (including phenoxy) is 1. The predicted molar refractivity (Wildman–Crippen MR) is 76.3 cm³/mol. The summed E-state index contributed by atoms with van der Waals surface area (Å²) in [7, 11) is 0. The Kier molecular flexibility index (Phi) is 10.7. The van der Waals surface area contributed by atoms with Crippen LogP contribution in [-0.4, -0.2) is 34.9 Å². The molecule has 0 aliphatic rings. The van der Waals surface area contributed by atoms with Crippen LogP contribution in [-0.2, 0) is 14.3 Å². The maximum Gasteiger partial charge on any atom is 0.307 e. The molecular weight excluding hydrogens is 260 g/mol. The second-order valence-corrected chi connectivity index (χ2v) is 4.91. The van der Waals surface area contributed by atoms with E-state index < -0.39 is 24.0 Å². The first-order chi connectivity index (χ1) is 9.51. The summed E-state index contributed by atoms with van der Waals surface area (Å²) in [5.74, 6) is -2.26. The maximum absolute atomic E-state index is 11.5. The fourth-order valence-corrected chi connectivity index (χ4v) is 1.71. The van der Waals surface area contributed by atoms with E-state index in [1.54, 1.807) is 6.92 Å². The van der Waals surface area contributed by atoms with Crippen LogP contribution in [0, 0.1) is 5.92 Å². The van der Waals surface area contributed by atoms with Gasteiger partial charge in [-0.1, -0.05) is 25.5 Å². The smallest absolute Gasteiger partial charge is 0.307 e. The van der Waals surface area contributed by atoms with Crippen molar-refractivity contribution in [1.82, 2.24) is 0 Å². The molecule has 0 heterocycles. The molecule has 20 heavy (non-hydrogen) atoms. The molecule has 0 radical (unpaired) electrons. The summed E-state index contributed by atoms with van der Waals surface area (Å²) in [5, 5.41) is 17.8. The zero-order valence-electron chi connectivity index (χ0n) is 12.4. The highest BCUT2D eigenvalue weighted by Gasteiger charge is 2.22. The summed E-state index contributed by atoms with van der Waals surface area (Å²) in [6.07, 6.45) is 7.56. The Morgan fingerprint density at radius 1 is 1.25 bits per heavy atom. The first kappa shape index (κ1) is 18.6. The van der Waals surface area contributed by atoms with Gasteiger partial charge in [0.25, 0.3) is 0 Å². The fraction of sp³-hybridized carbons (Fsp3) is 0.733. The quantitative estimate of drug-likeness (QED) is 0.346. The van der Waals surface area contributed by atoms with Gasteiger partial charge in [0.2, 0.25) is 0 Å². The number of hydrogen-bond acceptors (Lipinski definition) is 4. The van der Waals surface area contributed by atoms with Crippen molar-refractivity contribution >= 4 is 11.9 Å². The van der Waals surface area contributed by atoms with Crippen molar-refractivity contribution in [2.75, 3.05) is 6.61 Å². The van der Waals surface area contributed by atoms with Crippen LogP contribution in [0.1, 0.15) is 52.4 Å². The lowest BCUT2D eigenvalue weighted by Gasteiger charge is -2.14. The molecule has 116 valence electrons. The highest BCUT2D eigenvalue weighted by molar-refractivity contribution is 5.78. The molecule has 0 rings (SSSR count). The molecule has 0 spiro atoms. The van der Waals surface area contributed by atoms with Gasteiger partial charge in [0.05, 0.1) is 18.9 Å². The van der Waals surface area contributed by atoms with Gasteiger partial charge in [-0.05, 0) is 32.6 Å². The number of rotatable bonds is 11. The number of esters is 1. The highest BCUT2D eigenvalue weighted by atomic mass is 16.5. The number of aliphatic hydroxyl groups excluding tert-OH is 1. The Hall–Kier alpha value is -1.36. The van der Waals surface area contributed by atoms with Crippen LogP contribution in [0.4, 0.5) is 0 Å². The SMILES string of the molecule is CCC/C=C/CCCC(CC(=O)OC(C)CO)C(=O)O. The third-order valence-electron chi connectivity index (χ3n) is 2.90. The van der Waals surface area contributed by atoms with Gasteiger partial charge < -0.3 is 14.9 Å². The van der Waals surface area contributed by atoms with E-state index in [1.165, 1.54) is 0 Å². The Bertz CT molecular complexity index is 311. The molecule has 0 saturated heterocycles. The predicted octanol–water partition coefficient (Wildman–Crippen LogP) is 2.53. The molecule has 2 atom stereocenters. The minimum absolute atomic E-state index is 0.141. The largest absolute Gasteiger partial charge is 0.481 e. The van der Waals surface area contributed by atoms with Crippen molar-refractivity contribution in [3.05, 3.63) is 12.2 Å². The first-order valence-corrected chi connectivity index (χ1v) is 7.19. The lowest BCUT2D eigenvalue weighted by Crippen LogP contribution is -2.23. The molecule has 5 nitrogen and oxygen atoms in total. The van der Waals surface area contributed by atoms with E-state index in [2.05, 4.69) is 19.1 Å². The Balaban J connectivity index is 4.04. The second kappa shape index (κ2) is 11.5. The molecule has 2 unspecified atom stereocenters. The summed E-state index contributed by atoms with van der Waals surface area (Å²) in [4.78, 5) is 22.6. The molecule has 0 aliphatic carbocycles. The van der Waals surface area contributed by atoms with Gasteiger partial charge in [-0.2, -0.15) is 0 Å². The average molecular weight is 286 g/mol. The lowest BCUT2D eigenvalue weighted by atomic mass is 9.98. The summed E-state index contributed by atoms with van der Waals surface area (Å²) in [5.41, 5.74) is 0. The van der Waals surface area contributed by atoms with Crippen molar-refractivity contribution in [1.29, 1.82) is 0 Å². The van der Waals surface area contributed by atoms with Crippen molar-refractivity contribution in [3.8, 4) is 0 Å². The molecule has 0 amide bonds. The number of hydrogen-bond donors (Lipinski definition) is 2. The topological polar surface area (TPSA) is 83.8 Å². The summed E-state index contributed by atoms with van der Waals surface area (Å²) >= 11 is 0. The van der Waals surface area contributed by atoms with Crippen molar-refractivity contribution in [2.45, 2.75) is 58.5 Å². The van der Waals surface area contributed by atoms with Gasteiger partial charge in [0.15, 0.2) is 0 Å². The molecule has 5 heteroatoms.